The van der Waals surface area contributed by atoms with Crippen molar-refractivity contribution in [2.75, 3.05) is 6.54 Å². The van der Waals surface area contributed by atoms with E-state index in [0.29, 0.717) is 12.0 Å². The molecule has 0 amide bonds. The van der Waals surface area contributed by atoms with E-state index >= 15 is 0 Å². The van der Waals surface area contributed by atoms with Crippen LogP contribution in [0.3, 0.4) is 0 Å². The van der Waals surface area contributed by atoms with Crippen molar-refractivity contribution in [3.8, 4) is 0 Å². The van der Waals surface area contributed by atoms with Gasteiger partial charge in [-0.3, -0.25) is 0 Å². The lowest BCUT2D eigenvalue weighted by Gasteiger charge is -2.24. The Kier molecular flexibility index (Phi) is 5.39. The van der Waals surface area contributed by atoms with Crippen LogP contribution in [-0.4, -0.2) is 16.5 Å². The first kappa shape index (κ1) is 13.1. The summed E-state index contributed by atoms with van der Waals surface area (Å²) in [5.41, 5.74) is 1.12. The summed E-state index contributed by atoms with van der Waals surface area (Å²) in [6.07, 6.45) is 4.29. The zero-order chi connectivity index (χ0) is 12.0. The Morgan fingerprint density at radius 2 is 2.12 bits per heavy atom. The maximum atomic E-state index is 4.52. The van der Waals surface area contributed by atoms with Crippen molar-refractivity contribution in [1.29, 1.82) is 0 Å². The Balaban J connectivity index is 2.83. The van der Waals surface area contributed by atoms with Crippen LogP contribution >= 0.6 is 0 Å². The Labute approximate surface area is 98.7 Å². The van der Waals surface area contributed by atoms with Gasteiger partial charge in [-0.15, -0.1) is 0 Å². The molecule has 0 spiro atoms. The molecule has 3 heteroatoms. The fraction of sp³-hybridized carbons (Fsp3) is 0.692. The lowest BCUT2D eigenvalue weighted by atomic mass is 9.94. The molecule has 0 aliphatic rings. The van der Waals surface area contributed by atoms with Crippen molar-refractivity contribution in [1.82, 2.24) is 15.3 Å². The van der Waals surface area contributed by atoms with Gasteiger partial charge in [0.05, 0.1) is 11.7 Å². The number of aromatic nitrogens is 2. The van der Waals surface area contributed by atoms with Crippen LogP contribution in [0.15, 0.2) is 12.3 Å². The number of hydrogen-bond acceptors (Lipinski definition) is 3. The van der Waals surface area contributed by atoms with Gasteiger partial charge in [0, 0.05) is 6.20 Å². The highest BCUT2D eigenvalue weighted by Gasteiger charge is 2.18. The van der Waals surface area contributed by atoms with Crippen LogP contribution in [0.1, 0.15) is 51.2 Å². The highest BCUT2D eigenvalue weighted by Crippen LogP contribution is 2.23. The number of rotatable bonds is 6. The molecule has 2 atom stereocenters. The van der Waals surface area contributed by atoms with Crippen molar-refractivity contribution < 1.29 is 0 Å². The summed E-state index contributed by atoms with van der Waals surface area (Å²) in [6.45, 7) is 9.57. The van der Waals surface area contributed by atoms with Crippen molar-refractivity contribution in [3.63, 3.8) is 0 Å². The van der Waals surface area contributed by atoms with Gasteiger partial charge in [-0.25, -0.2) is 9.97 Å². The minimum atomic E-state index is 0.353. The zero-order valence-corrected chi connectivity index (χ0v) is 10.8. The SMILES string of the molecule is CCCC(C)C(NCC)c1ccnc(C)n1. The second kappa shape index (κ2) is 6.59. The fourth-order valence-corrected chi connectivity index (χ4v) is 2.09. The highest BCUT2D eigenvalue weighted by molar-refractivity contribution is 5.08. The standard InChI is InChI=1S/C13H23N3/c1-5-7-10(3)13(14-6-2)12-8-9-15-11(4)16-12/h8-10,13-14H,5-7H2,1-4H3. The van der Waals surface area contributed by atoms with Crippen LogP contribution in [-0.2, 0) is 0 Å². The second-order valence-electron chi connectivity index (χ2n) is 4.33. The molecule has 0 aromatic carbocycles. The zero-order valence-electron chi connectivity index (χ0n) is 10.8. The van der Waals surface area contributed by atoms with Gasteiger partial charge >= 0.3 is 0 Å². The fourth-order valence-electron chi connectivity index (χ4n) is 2.09. The Morgan fingerprint density at radius 3 is 2.69 bits per heavy atom. The third-order valence-electron chi connectivity index (χ3n) is 2.85. The Hall–Kier alpha value is -0.960. The van der Waals surface area contributed by atoms with Gasteiger partial charge in [0.25, 0.3) is 0 Å². The molecule has 1 aromatic heterocycles. The molecule has 1 N–H and O–H groups in total. The van der Waals surface area contributed by atoms with Gasteiger partial charge in [-0.2, -0.15) is 0 Å². The topological polar surface area (TPSA) is 37.8 Å². The lowest BCUT2D eigenvalue weighted by molar-refractivity contribution is 0.361. The lowest BCUT2D eigenvalue weighted by Crippen LogP contribution is -2.27. The molecule has 0 saturated heterocycles. The monoisotopic (exact) mass is 221 g/mol. The summed E-state index contributed by atoms with van der Waals surface area (Å²) in [4.78, 5) is 8.67. The number of nitrogens with zero attached hydrogens (tertiary/aromatic N) is 2. The van der Waals surface area contributed by atoms with Gasteiger partial charge in [-0.1, -0.05) is 27.2 Å². The van der Waals surface area contributed by atoms with Gasteiger partial charge in [0.1, 0.15) is 5.82 Å². The molecule has 3 nitrogen and oxygen atoms in total. The number of nitrogens with one attached hydrogen (secondary N) is 1. The van der Waals surface area contributed by atoms with Crippen molar-refractivity contribution in [2.24, 2.45) is 5.92 Å². The summed E-state index contributed by atoms with van der Waals surface area (Å²) in [6, 6.07) is 2.37. The summed E-state index contributed by atoms with van der Waals surface area (Å²) in [5, 5.41) is 3.52. The molecule has 2 unspecified atom stereocenters. The van der Waals surface area contributed by atoms with Crippen LogP contribution in [0.4, 0.5) is 0 Å². The van der Waals surface area contributed by atoms with Crippen LogP contribution < -0.4 is 5.32 Å². The van der Waals surface area contributed by atoms with Crippen molar-refractivity contribution in [2.45, 2.75) is 46.6 Å². The molecule has 1 rings (SSSR count). The van der Waals surface area contributed by atoms with E-state index in [1.807, 2.05) is 19.2 Å². The molecule has 16 heavy (non-hydrogen) atoms. The molecular formula is C13H23N3. The van der Waals surface area contributed by atoms with E-state index in [2.05, 4.69) is 36.1 Å². The summed E-state index contributed by atoms with van der Waals surface area (Å²) < 4.78 is 0. The Bertz CT molecular complexity index is 312. The molecule has 1 aromatic rings. The molecule has 0 bridgehead atoms. The normalized spacial score (nSPS) is 14.8. The van der Waals surface area contributed by atoms with Gasteiger partial charge in [-0.05, 0) is 31.9 Å². The largest absolute Gasteiger partial charge is 0.309 e. The summed E-state index contributed by atoms with van der Waals surface area (Å²) >= 11 is 0. The molecule has 0 radical (unpaired) electrons. The van der Waals surface area contributed by atoms with E-state index in [9.17, 15) is 0 Å². The maximum Gasteiger partial charge on any atom is 0.125 e. The van der Waals surface area contributed by atoms with Crippen LogP contribution in [0.5, 0.6) is 0 Å². The minimum absolute atomic E-state index is 0.353. The molecule has 90 valence electrons. The quantitative estimate of drug-likeness (QED) is 0.802. The predicted octanol–water partition coefficient (Wildman–Crippen LogP) is 2.87. The van der Waals surface area contributed by atoms with Crippen molar-refractivity contribution in [3.05, 3.63) is 23.8 Å². The summed E-state index contributed by atoms with van der Waals surface area (Å²) in [5.74, 6) is 1.46. The minimum Gasteiger partial charge on any atom is -0.309 e. The van der Waals surface area contributed by atoms with E-state index in [0.717, 1.165) is 18.1 Å². The van der Waals surface area contributed by atoms with E-state index in [1.54, 1.807) is 0 Å². The summed E-state index contributed by atoms with van der Waals surface area (Å²) in [7, 11) is 0. The van der Waals surface area contributed by atoms with Crippen LogP contribution in [0, 0.1) is 12.8 Å². The maximum absolute atomic E-state index is 4.52. The van der Waals surface area contributed by atoms with Gasteiger partial charge in [0.15, 0.2) is 0 Å². The van der Waals surface area contributed by atoms with Crippen LogP contribution in [0.2, 0.25) is 0 Å². The molecule has 0 fully saturated rings. The Morgan fingerprint density at radius 1 is 1.38 bits per heavy atom. The smallest absolute Gasteiger partial charge is 0.125 e. The first-order valence-corrected chi connectivity index (χ1v) is 6.22. The van der Waals surface area contributed by atoms with E-state index in [-0.39, 0.29) is 0 Å². The van der Waals surface area contributed by atoms with E-state index in [1.165, 1.54) is 12.8 Å². The molecule has 0 saturated carbocycles. The van der Waals surface area contributed by atoms with E-state index < -0.39 is 0 Å². The van der Waals surface area contributed by atoms with Crippen LogP contribution in [0.25, 0.3) is 0 Å². The third kappa shape index (κ3) is 3.56. The van der Waals surface area contributed by atoms with E-state index in [4.69, 9.17) is 0 Å². The first-order valence-electron chi connectivity index (χ1n) is 6.22. The average molecular weight is 221 g/mol. The van der Waals surface area contributed by atoms with Gasteiger partial charge in [0.2, 0.25) is 0 Å². The van der Waals surface area contributed by atoms with Gasteiger partial charge < -0.3 is 5.32 Å². The first-order chi connectivity index (χ1) is 7.69. The molecular weight excluding hydrogens is 198 g/mol. The number of aryl methyl sites for hydroxylation is 1. The molecule has 0 aliphatic carbocycles. The van der Waals surface area contributed by atoms with Crippen molar-refractivity contribution >= 4 is 0 Å². The number of hydrogen-bond donors (Lipinski definition) is 1. The molecule has 1 heterocycles. The molecule has 0 aliphatic heterocycles. The average Bonchev–Trinajstić information content (AvgIpc) is 2.26. The second-order valence-corrected chi connectivity index (χ2v) is 4.33. The highest BCUT2D eigenvalue weighted by atomic mass is 15.0. The predicted molar refractivity (Wildman–Crippen MR) is 67.3 cm³/mol. The third-order valence-corrected chi connectivity index (χ3v) is 2.85.